The lowest BCUT2D eigenvalue weighted by Crippen LogP contribution is -2.64. The van der Waals surface area contributed by atoms with Crippen molar-refractivity contribution in [3.63, 3.8) is 0 Å². The van der Waals surface area contributed by atoms with Gasteiger partial charge in [0.1, 0.15) is 0 Å². The van der Waals surface area contributed by atoms with Crippen molar-refractivity contribution in [2.24, 2.45) is 5.41 Å². The van der Waals surface area contributed by atoms with Gasteiger partial charge in [-0.3, -0.25) is 0 Å². The lowest BCUT2D eigenvalue weighted by atomic mass is 9.54. The summed E-state index contributed by atoms with van der Waals surface area (Å²) in [5.41, 5.74) is 3.47. The molecule has 24 heavy (non-hydrogen) atoms. The second-order valence-corrected chi connectivity index (χ2v) is 8.43. The van der Waals surface area contributed by atoms with Crippen molar-refractivity contribution in [2.45, 2.75) is 62.8 Å². The average molecular weight is 329 g/mol. The van der Waals surface area contributed by atoms with Gasteiger partial charge in [-0.1, -0.05) is 30.7 Å². The normalized spacial score (nSPS) is 28.0. The molecule has 0 bridgehead atoms. The molecule has 3 nitrogen and oxygen atoms in total. The Labute approximate surface area is 145 Å². The standard InChI is InChI=1S/C21H31NO2/c23-16-21(14-20(15-21)9-11-24-12-10-20)22-13-18-7-2-1-5-17-6-3-4-8-19(17)18/h3-4,6,8,18,22-23H,1-2,5,7,9-16H2. The van der Waals surface area contributed by atoms with Crippen LogP contribution in [0.15, 0.2) is 24.3 Å². The quantitative estimate of drug-likeness (QED) is 0.832. The number of benzene rings is 1. The fraction of sp³-hybridized carbons (Fsp3) is 0.714. The third-order valence-corrected chi connectivity index (χ3v) is 6.75. The Bertz CT molecular complexity index is 557. The number of fused-ring (bicyclic) bond motifs is 1. The predicted octanol–water partition coefficient (Wildman–Crippen LogP) is 3.41. The van der Waals surface area contributed by atoms with Crippen LogP contribution in [0.1, 0.15) is 62.0 Å². The van der Waals surface area contributed by atoms with Crippen LogP contribution in [0.5, 0.6) is 0 Å². The fourth-order valence-corrected chi connectivity index (χ4v) is 5.41. The van der Waals surface area contributed by atoms with E-state index in [1.807, 2.05) is 0 Å². The van der Waals surface area contributed by atoms with Crippen LogP contribution in [-0.4, -0.2) is 37.0 Å². The summed E-state index contributed by atoms with van der Waals surface area (Å²) in [6.07, 6.45) is 9.69. The van der Waals surface area contributed by atoms with E-state index < -0.39 is 0 Å². The molecule has 1 heterocycles. The molecule has 0 radical (unpaired) electrons. The molecule has 2 fully saturated rings. The van der Waals surface area contributed by atoms with Crippen LogP contribution >= 0.6 is 0 Å². The molecular weight excluding hydrogens is 298 g/mol. The van der Waals surface area contributed by atoms with Crippen molar-refractivity contribution < 1.29 is 9.84 Å². The number of hydrogen-bond acceptors (Lipinski definition) is 3. The van der Waals surface area contributed by atoms with Crippen molar-refractivity contribution in [3.8, 4) is 0 Å². The predicted molar refractivity (Wildman–Crippen MR) is 96.3 cm³/mol. The van der Waals surface area contributed by atoms with Crippen LogP contribution < -0.4 is 5.32 Å². The number of ether oxygens (including phenoxy) is 1. The first-order valence-electron chi connectivity index (χ1n) is 9.76. The maximum absolute atomic E-state index is 10.0. The Kier molecular flexibility index (Phi) is 4.68. The summed E-state index contributed by atoms with van der Waals surface area (Å²) in [6, 6.07) is 8.97. The SMILES string of the molecule is OCC1(NCC2CCCCc3ccccc32)CC2(CCOCC2)C1. The monoisotopic (exact) mass is 329 g/mol. The highest BCUT2D eigenvalue weighted by molar-refractivity contribution is 5.32. The molecule has 1 unspecified atom stereocenters. The van der Waals surface area contributed by atoms with Crippen LogP contribution in [0.4, 0.5) is 0 Å². The maximum atomic E-state index is 10.0. The molecule has 3 aliphatic rings. The Hall–Kier alpha value is -0.900. The molecular formula is C21H31NO2. The van der Waals surface area contributed by atoms with E-state index in [9.17, 15) is 5.11 Å². The molecule has 3 heteroatoms. The van der Waals surface area contributed by atoms with Crippen molar-refractivity contribution in [3.05, 3.63) is 35.4 Å². The molecule has 0 amide bonds. The largest absolute Gasteiger partial charge is 0.394 e. The lowest BCUT2D eigenvalue weighted by molar-refractivity contribution is -0.0984. The average Bonchev–Trinajstić information content (AvgIpc) is 2.81. The van der Waals surface area contributed by atoms with Gasteiger partial charge in [-0.15, -0.1) is 0 Å². The van der Waals surface area contributed by atoms with E-state index in [4.69, 9.17) is 4.74 Å². The first-order chi connectivity index (χ1) is 11.7. The van der Waals surface area contributed by atoms with Gasteiger partial charge in [0.15, 0.2) is 0 Å². The first kappa shape index (κ1) is 16.6. The zero-order chi connectivity index (χ0) is 16.5. The van der Waals surface area contributed by atoms with E-state index in [1.54, 1.807) is 0 Å². The molecule has 1 spiro atoms. The number of aliphatic hydroxyl groups is 1. The Balaban J connectivity index is 1.41. The lowest BCUT2D eigenvalue weighted by Gasteiger charge is -2.58. The number of hydrogen-bond donors (Lipinski definition) is 2. The molecule has 1 atom stereocenters. The van der Waals surface area contributed by atoms with Crippen LogP contribution in [-0.2, 0) is 11.2 Å². The number of nitrogens with one attached hydrogen (secondary N) is 1. The summed E-state index contributed by atoms with van der Waals surface area (Å²) in [5.74, 6) is 0.596. The van der Waals surface area contributed by atoms with Gasteiger partial charge < -0.3 is 15.2 Å². The van der Waals surface area contributed by atoms with Gasteiger partial charge in [0.05, 0.1) is 6.61 Å². The van der Waals surface area contributed by atoms with Gasteiger partial charge in [-0.05, 0) is 67.4 Å². The van der Waals surface area contributed by atoms with Gasteiger partial charge in [0.25, 0.3) is 0 Å². The second-order valence-electron chi connectivity index (χ2n) is 8.43. The highest BCUT2D eigenvalue weighted by Gasteiger charge is 2.54. The first-order valence-corrected chi connectivity index (χ1v) is 9.76. The van der Waals surface area contributed by atoms with E-state index in [-0.39, 0.29) is 12.1 Å². The van der Waals surface area contributed by atoms with E-state index in [1.165, 1.54) is 49.7 Å². The minimum absolute atomic E-state index is 0.0431. The molecule has 2 N–H and O–H groups in total. The van der Waals surface area contributed by atoms with Gasteiger partial charge in [-0.25, -0.2) is 0 Å². The number of aryl methyl sites for hydroxylation is 1. The Morgan fingerprint density at radius 3 is 2.71 bits per heavy atom. The van der Waals surface area contributed by atoms with Gasteiger partial charge in [0.2, 0.25) is 0 Å². The second kappa shape index (κ2) is 6.78. The summed E-state index contributed by atoms with van der Waals surface area (Å²) < 4.78 is 5.53. The van der Waals surface area contributed by atoms with Gasteiger partial charge in [-0.2, -0.15) is 0 Å². The molecule has 1 saturated carbocycles. The molecule has 1 saturated heterocycles. The Morgan fingerprint density at radius 1 is 1.12 bits per heavy atom. The molecule has 0 aromatic heterocycles. The van der Waals surface area contributed by atoms with Crippen molar-refractivity contribution in [2.75, 3.05) is 26.4 Å². The van der Waals surface area contributed by atoms with Crippen LogP contribution in [0.25, 0.3) is 0 Å². The molecule has 2 aliphatic carbocycles. The third-order valence-electron chi connectivity index (χ3n) is 6.75. The van der Waals surface area contributed by atoms with Crippen molar-refractivity contribution in [1.29, 1.82) is 0 Å². The minimum Gasteiger partial charge on any atom is -0.394 e. The molecule has 132 valence electrons. The molecule has 4 rings (SSSR count). The zero-order valence-electron chi connectivity index (χ0n) is 14.7. The zero-order valence-corrected chi connectivity index (χ0v) is 14.7. The van der Waals surface area contributed by atoms with Gasteiger partial charge >= 0.3 is 0 Å². The molecule has 1 aromatic rings. The van der Waals surface area contributed by atoms with E-state index in [0.717, 1.165) is 32.6 Å². The fourth-order valence-electron chi connectivity index (χ4n) is 5.41. The summed E-state index contributed by atoms with van der Waals surface area (Å²) in [6.45, 7) is 3.07. The van der Waals surface area contributed by atoms with Crippen LogP contribution in [0, 0.1) is 5.41 Å². The van der Waals surface area contributed by atoms with E-state index >= 15 is 0 Å². The van der Waals surface area contributed by atoms with Gasteiger partial charge in [0, 0.05) is 25.3 Å². The summed E-state index contributed by atoms with van der Waals surface area (Å²) in [5, 5.41) is 13.8. The summed E-state index contributed by atoms with van der Waals surface area (Å²) in [4.78, 5) is 0. The summed E-state index contributed by atoms with van der Waals surface area (Å²) in [7, 11) is 0. The van der Waals surface area contributed by atoms with Crippen molar-refractivity contribution >= 4 is 0 Å². The molecule has 1 aromatic carbocycles. The third kappa shape index (κ3) is 3.14. The maximum Gasteiger partial charge on any atom is 0.0613 e. The topological polar surface area (TPSA) is 41.5 Å². The highest BCUT2D eigenvalue weighted by atomic mass is 16.5. The van der Waals surface area contributed by atoms with E-state index in [2.05, 4.69) is 29.6 Å². The highest BCUT2D eigenvalue weighted by Crippen LogP contribution is 2.54. The smallest absolute Gasteiger partial charge is 0.0613 e. The molecule has 1 aliphatic heterocycles. The van der Waals surface area contributed by atoms with Crippen LogP contribution in [0.3, 0.4) is 0 Å². The minimum atomic E-state index is -0.0431. The van der Waals surface area contributed by atoms with E-state index in [0.29, 0.717) is 11.3 Å². The number of aliphatic hydroxyl groups excluding tert-OH is 1. The van der Waals surface area contributed by atoms with Crippen molar-refractivity contribution in [1.82, 2.24) is 5.32 Å². The Morgan fingerprint density at radius 2 is 1.92 bits per heavy atom. The summed E-state index contributed by atoms with van der Waals surface area (Å²) >= 11 is 0. The van der Waals surface area contributed by atoms with Crippen LogP contribution in [0.2, 0.25) is 0 Å². The number of rotatable bonds is 4.